The Hall–Kier alpha value is -3.35. The normalized spacial score (nSPS) is 13.8. The first-order chi connectivity index (χ1) is 13.6. The van der Waals surface area contributed by atoms with Crippen LogP contribution in [0.15, 0.2) is 54.6 Å². The molecule has 0 unspecified atom stereocenters. The average Bonchev–Trinajstić information content (AvgIpc) is 2.74. The topological polar surface area (TPSA) is 79.0 Å². The number of benzene rings is 2. The number of para-hydroxylation sites is 1. The van der Waals surface area contributed by atoms with E-state index in [4.69, 9.17) is 4.74 Å². The van der Waals surface area contributed by atoms with Crippen LogP contribution in [0, 0.1) is 0 Å². The van der Waals surface area contributed by atoms with Crippen LogP contribution in [0.3, 0.4) is 0 Å². The van der Waals surface area contributed by atoms with Gasteiger partial charge in [-0.25, -0.2) is 4.79 Å². The monoisotopic (exact) mass is 381 g/mol. The number of amides is 3. The molecule has 1 saturated heterocycles. The van der Waals surface area contributed by atoms with Crippen molar-refractivity contribution in [3.8, 4) is 0 Å². The number of rotatable bonds is 4. The molecule has 0 radical (unpaired) electrons. The minimum absolute atomic E-state index is 0.174. The molecule has 7 heteroatoms. The fraction of sp³-hybridized carbons (Fsp3) is 0.286. The molecule has 0 atom stereocenters. The number of ether oxygens (including phenoxy) is 1. The first-order valence-corrected chi connectivity index (χ1v) is 9.26. The summed E-state index contributed by atoms with van der Waals surface area (Å²) in [5.74, 6) is -0.444. The molecule has 3 amide bonds. The number of hydrogen-bond donors (Lipinski definition) is 1. The lowest BCUT2D eigenvalue weighted by Gasteiger charge is -2.34. The van der Waals surface area contributed by atoms with Crippen LogP contribution in [0.5, 0.6) is 0 Å². The van der Waals surface area contributed by atoms with Crippen LogP contribution in [-0.4, -0.2) is 60.5 Å². The molecule has 1 aliphatic heterocycles. The molecular formula is C21H23N3O4. The Bertz CT molecular complexity index is 846. The SMILES string of the molecule is CCOC(=O)N1CCN(C(=O)c2ccccc2NC(=O)c2ccccc2)CC1. The van der Waals surface area contributed by atoms with Gasteiger partial charge in [0.05, 0.1) is 17.9 Å². The highest BCUT2D eigenvalue weighted by molar-refractivity contribution is 6.09. The van der Waals surface area contributed by atoms with Crippen molar-refractivity contribution in [3.05, 3.63) is 65.7 Å². The number of hydrogen-bond acceptors (Lipinski definition) is 4. The van der Waals surface area contributed by atoms with E-state index in [2.05, 4.69) is 5.32 Å². The maximum Gasteiger partial charge on any atom is 0.409 e. The van der Waals surface area contributed by atoms with Gasteiger partial charge in [-0.15, -0.1) is 0 Å². The summed E-state index contributed by atoms with van der Waals surface area (Å²) in [6, 6.07) is 15.8. The van der Waals surface area contributed by atoms with Crippen LogP contribution >= 0.6 is 0 Å². The molecule has 3 rings (SSSR count). The third-order valence-electron chi connectivity index (χ3n) is 4.53. The lowest BCUT2D eigenvalue weighted by atomic mass is 10.1. The molecule has 2 aromatic carbocycles. The molecule has 1 fully saturated rings. The van der Waals surface area contributed by atoms with E-state index in [9.17, 15) is 14.4 Å². The van der Waals surface area contributed by atoms with Crippen LogP contribution in [-0.2, 0) is 4.74 Å². The lowest BCUT2D eigenvalue weighted by Crippen LogP contribution is -2.50. The summed E-state index contributed by atoms with van der Waals surface area (Å²) >= 11 is 0. The fourth-order valence-electron chi connectivity index (χ4n) is 3.04. The van der Waals surface area contributed by atoms with Crippen molar-refractivity contribution >= 4 is 23.6 Å². The smallest absolute Gasteiger partial charge is 0.409 e. The minimum Gasteiger partial charge on any atom is -0.450 e. The Kier molecular flexibility index (Phi) is 6.26. The van der Waals surface area contributed by atoms with E-state index in [1.807, 2.05) is 6.07 Å². The molecule has 1 heterocycles. The molecule has 0 bridgehead atoms. The van der Waals surface area contributed by atoms with Crippen molar-refractivity contribution in [1.29, 1.82) is 0 Å². The zero-order chi connectivity index (χ0) is 19.9. The van der Waals surface area contributed by atoms with Gasteiger partial charge in [0.2, 0.25) is 0 Å². The van der Waals surface area contributed by atoms with E-state index in [0.717, 1.165) is 0 Å². The second-order valence-corrected chi connectivity index (χ2v) is 6.34. The largest absolute Gasteiger partial charge is 0.450 e. The van der Waals surface area contributed by atoms with Crippen LogP contribution in [0.4, 0.5) is 10.5 Å². The van der Waals surface area contributed by atoms with Crippen molar-refractivity contribution in [1.82, 2.24) is 9.80 Å². The summed E-state index contributed by atoms with van der Waals surface area (Å²) in [5.41, 5.74) is 1.42. The summed E-state index contributed by atoms with van der Waals surface area (Å²) in [7, 11) is 0. The second-order valence-electron chi connectivity index (χ2n) is 6.34. The van der Waals surface area contributed by atoms with Gasteiger partial charge in [-0.05, 0) is 31.2 Å². The van der Waals surface area contributed by atoms with Crippen molar-refractivity contribution in [2.45, 2.75) is 6.92 Å². The molecule has 0 aliphatic carbocycles. The second kappa shape index (κ2) is 9.03. The van der Waals surface area contributed by atoms with Gasteiger partial charge in [0.15, 0.2) is 0 Å². The maximum atomic E-state index is 13.0. The standard InChI is InChI=1S/C21H23N3O4/c1-2-28-21(27)24-14-12-23(13-15-24)20(26)17-10-6-7-11-18(17)22-19(25)16-8-4-3-5-9-16/h3-11H,2,12-15H2,1H3,(H,22,25). The molecule has 2 aromatic rings. The highest BCUT2D eigenvalue weighted by Gasteiger charge is 2.26. The van der Waals surface area contributed by atoms with Gasteiger partial charge < -0.3 is 19.9 Å². The lowest BCUT2D eigenvalue weighted by molar-refractivity contribution is 0.0571. The number of nitrogens with zero attached hydrogens (tertiary/aromatic N) is 2. The molecule has 0 saturated carbocycles. The molecule has 0 aromatic heterocycles. The number of nitrogens with one attached hydrogen (secondary N) is 1. The number of anilines is 1. The number of piperazine rings is 1. The molecule has 1 aliphatic rings. The number of carbonyl (C=O) groups excluding carboxylic acids is 3. The summed E-state index contributed by atoms with van der Waals surface area (Å²) < 4.78 is 5.00. The van der Waals surface area contributed by atoms with Crippen LogP contribution in [0.2, 0.25) is 0 Å². The molecule has 28 heavy (non-hydrogen) atoms. The zero-order valence-corrected chi connectivity index (χ0v) is 15.8. The van der Waals surface area contributed by atoms with Gasteiger partial charge in [0.1, 0.15) is 0 Å². The third-order valence-corrected chi connectivity index (χ3v) is 4.53. The van der Waals surface area contributed by atoms with E-state index in [-0.39, 0.29) is 17.9 Å². The summed E-state index contributed by atoms with van der Waals surface area (Å²) in [6.07, 6.45) is -0.356. The van der Waals surface area contributed by atoms with Crippen molar-refractivity contribution in [2.24, 2.45) is 0 Å². The Labute approximate surface area is 163 Å². The fourth-order valence-corrected chi connectivity index (χ4v) is 3.04. The van der Waals surface area contributed by atoms with Crippen LogP contribution in [0.1, 0.15) is 27.6 Å². The average molecular weight is 381 g/mol. The highest BCUT2D eigenvalue weighted by Crippen LogP contribution is 2.19. The Balaban J connectivity index is 1.68. The Morgan fingerprint density at radius 3 is 2.18 bits per heavy atom. The van der Waals surface area contributed by atoms with Crippen LogP contribution in [0.25, 0.3) is 0 Å². The third kappa shape index (κ3) is 4.49. The molecule has 1 N–H and O–H groups in total. The Morgan fingerprint density at radius 2 is 1.50 bits per heavy atom. The Morgan fingerprint density at radius 1 is 0.893 bits per heavy atom. The van der Waals surface area contributed by atoms with Crippen molar-refractivity contribution < 1.29 is 19.1 Å². The van der Waals surface area contributed by atoms with Crippen LogP contribution < -0.4 is 5.32 Å². The van der Waals surface area contributed by atoms with Gasteiger partial charge in [-0.1, -0.05) is 30.3 Å². The van der Waals surface area contributed by atoms with E-state index < -0.39 is 0 Å². The number of carbonyl (C=O) groups is 3. The first kappa shape index (κ1) is 19.4. The molecule has 7 nitrogen and oxygen atoms in total. The predicted molar refractivity (Wildman–Crippen MR) is 105 cm³/mol. The predicted octanol–water partition coefficient (Wildman–Crippen LogP) is 2.85. The van der Waals surface area contributed by atoms with Gasteiger partial charge in [-0.2, -0.15) is 0 Å². The van der Waals surface area contributed by atoms with Gasteiger partial charge in [-0.3, -0.25) is 9.59 Å². The van der Waals surface area contributed by atoms with Gasteiger partial charge in [0, 0.05) is 31.7 Å². The molecular weight excluding hydrogens is 358 g/mol. The summed E-state index contributed by atoms with van der Waals surface area (Å²) in [6.45, 7) is 3.76. The molecule has 146 valence electrons. The highest BCUT2D eigenvalue weighted by atomic mass is 16.6. The zero-order valence-electron chi connectivity index (χ0n) is 15.8. The van der Waals surface area contributed by atoms with Gasteiger partial charge >= 0.3 is 6.09 Å². The van der Waals surface area contributed by atoms with E-state index >= 15 is 0 Å². The van der Waals surface area contributed by atoms with Crippen molar-refractivity contribution in [3.63, 3.8) is 0 Å². The maximum absolute atomic E-state index is 13.0. The van der Waals surface area contributed by atoms with Gasteiger partial charge in [0.25, 0.3) is 11.8 Å². The quantitative estimate of drug-likeness (QED) is 0.883. The van der Waals surface area contributed by atoms with Crippen molar-refractivity contribution in [2.75, 3.05) is 38.1 Å². The molecule has 0 spiro atoms. The van der Waals surface area contributed by atoms with E-state index in [1.54, 1.807) is 65.3 Å². The summed E-state index contributed by atoms with van der Waals surface area (Å²) in [5, 5.41) is 2.82. The van der Waals surface area contributed by atoms with E-state index in [1.165, 1.54) is 0 Å². The minimum atomic E-state index is -0.356. The first-order valence-electron chi connectivity index (χ1n) is 9.26. The summed E-state index contributed by atoms with van der Waals surface area (Å²) in [4.78, 5) is 40.5. The van der Waals surface area contributed by atoms with E-state index in [0.29, 0.717) is 49.6 Å².